The lowest BCUT2D eigenvalue weighted by Gasteiger charge is -2.13. The molecule has 1 fully saturated rings. The third-order valence-electron chi connectivity index (χ3n) is 1.48. The average Bonchev–Trinajstić information content (AvgIpc) is 2.16. The van der Waals surface area contributed by atoms with Gasteiger partial charge in [-0.3, -0.25) is 4.79 Å². The van der Waals surface area contributed by atoms with E-state index >= 15 is 0 Å². The van der Waals surface area contributed by atoms with Gasteiger partial charge in [0, 0.05) is 13.0 Å². The molecule has 1 heterocycles. The summed E-state index contributed by atoms with van der Waals surface area (Å²) in [6, 6.07) is 0. The number of ether oxygens (including phenoxy) is 1. The van der Waals surface area contributed by atoms with Crippen molar-refractivity contribution >= 4 is 5.97 Å². The van der Waals surface area contributed by atoms with Crippen LogP contribution in [-0.4, -0.2) is 29.8 Å². The van der Waals surface area contributed by atoms with Gasteiger partial charge in [0.1, 0.15) is 5.54 Å². The standard InChI is InChI=1S/C5H9NO3/c6-5(4(7)8)1-2-9-3-5/h1-3,6H2,(H,7,8)/t5-/m1/s1. The SMILES string of the molecule is N[C@]1(C(=O)O)CCOC1. The Balaban J connectivity index is 2.61. The second-order valence-corrected chi connectivity index (χ2v) is 2.26. The molecule has 1 aliphatic heterocycles. The molecule has 1 rings (SSSR count). The van der Waals surface area contributed by atoms with Gasteiger partial charge in [-0.05, 0) is 0 Å². The minimum Gasteiger partial charge on any atom is -0.480 e. The van der Waals surface area contributed by atoms with Crippen LogP contribution >= 0.6 is 0 Å². The summed E-state index contributed by atoms with van der Waals surface area (Å²) in [5, 5.41) is 8.47. The molecule has 0 spiro atoms. The van der Waals surface area contributed by atoms with E-state index in [1.807, 2.05) is 0 Å². The minimum absolute atomic E-state index is 0.141. The van der Waals surface area contributed by atoms with Gasteiger partial charge in [0.25, 0.3) is 0 Å². The summed E-state index contributed by atoms with van der Waals surface area (Å²) in [4.78, 5) is 10.3. The van der Waals surface area contributed by atoms with Gasteiger partial charge in [0.05, 0.1) is 6.61 Å². The van der Waals surface area contributed by atoms with E-state index in [-0.39, 0.29) is 6.61 Å². The predicted molar refractivity (Wildman–Crippen MR) is 30.0 cm³/mol. The second-order valence-electron chi connectivity index (χ2n) is 2.26. The van der Waals surface area contributed by atoms with Crippen LogP contribution < -0.4 is 5.73 Å². The fourth-order valence-electron chi connectivity index (χ4n) is 0.749. The zero-order valence-electron chi connectivity index (χ0n) is 4.96. The first-order valence-electron chi connectivity index (χ1n) is 2.75. The van der Waals surface area contributed by atoms with Crippen LogP contribution in [0.1, 0.15) is 6.42 Å². The van der Waals surface area contributed by atoms with Crippen molar-refractivity contribution in [1.82, 2.24) is 0 Å². The van der Waals surface area contributed by atoms with Gasteiger partial charge in [-0.2, -0.15) is 0 Å². The van der Waals surface area contributed by atoms with E-state index in [0.717, 1.165) is 0 Å². The molecule has 0 bridgehead atoms. The van der Waals surface area contributed by atoms with E-state index in [1.54, 1.807) is 0 Å². The Hall–Kier alpha value is -0.610. The molecule has 1 atom stereocenters. The second kappa shape index (κ2) is 1.97. The van der Waals surface area contributed by atoms with Gasteiger partial charge >= 0.3 is 5.97 Å². The molecule has 4 heteroatoms. The molecule has 9 heavy (non-hydrogen) atoms. The first-order valence-corrected chi connectivity index (χ1v) is 2.75. The lowest BCUT2D eigenvalue weighted by atomic mass is 10.0. The molecule has 0 radical (unpaired) electrons. The molecule has 1 saturated heterocycles. The van der Waals surface area contributed by atoms with Gasteiger partial charge in [0.2, 0.25) is 0 Å². The average molecular weight is 131 g/mol. The van der Waals surface area contributed by atoms with Crippen molar-refractivity contribution in [2.24, 2.45) is 5.73 Å². The van der Waals surface area contributed by atoms with Gasteiger partial charge in [0.15, 0.2) is 0 Å². The maximum absolute atomic E-state index is 10.3. The normalized spacial score (nSPS) is 34.8. The van der Waals surface area contributed by atoms with Gasteiger partial charge in [-0.15, -0.1) is 0 Å². The maximum Gasteiger partial charge on any atom is 0.326 e. The summed E-state index contributed by atoms with van der Waals surface area (Å²) in [5.41, 5.74) is 4.27. The summed E-state index contributed by atoms with van der Waals surface area (Å²) in [6.45, 7) is 0.602. The Morgan fingerprint density at radius 1 is 1.78 bits per heavy atom. The highest BCUT2D eigenvalue weighted by molar-refractivity contribution is 5.78. The molecule has 0 amide bonds. The summed E-state index contributed by atoms with van der Waals surface area (Å²) in [7, 11) is 0. The van der Waals surface area contributed by atoms with E-state index in [1.165, 1.54) is 0 Å². The number of hydrogen-bond donors (Lipinski definition) is 2. The number of rotatable bonds is 1. The quantitative estimate of drug-likeness (QED) is 0.488. The lowest BCUT2D eigenvalue weighted by molar-refractivity contribution is -0.143. The van der Waals surface area contributed by atoms with Crippen LogP contribution in [0.5, 0.6) is 0 Å². The molecular formula is C5H9NO3. The summed E-state index contributed by atoms with van der Waals surface area (Å²) in [6.07, 6.45) is 0.419. The Kier molecular flexibility index (Phi) is 1.42. The molecule has 4 nitrogen and oxygen atoms in total. The highest BCUT2D eigenvalue weighted by Gasteiger charge is 2.37. The van der Waals surface area contributed by atoms with Crippen LogP contribution in [0.2, 0.25) is 0 Å². The fourth-order valence-corrected chi connectivity index (χ4v) is 0.749. The molecule has 52 valence electrons. The van der Waals surface area contributed by atoms with E-state index in [4.69, 9.17) is 15.6 Å². The zero-order valence-corrected chi connectivity index (χ0v) is 4.96. The van der Waals surface area contributed by atoms with Gasteiger partial charge in [-0.1, -0.05) is 0 Å². The molecule has 0 unspecified atom stereocenters. The zero-order chi connectivity index (χ0) is 6.91. The van der Waals surface area contributed by atoms with E-state index in [2.05, 4.69) is 0 Å². The van der Waals surface area contributed by atoms with Crippen LogP contribution in [0.25, 0.3) is 0 Å². The van der Waals surface area contributed by atoms with Crippen molar-refractivity contribution in [2.75, 3.05) is 13.2 Å². The highest BCUT2D eigenvalue weighted by Crippen LogP contribution is 2.14. The number of nitrogens with two attached hydrogens (primary N) is 1. The Bertz CT molecular complexity index is 128. The van der Waals surface area contributed by atoms with E-state index in [9.17, 15) is 4.79 Å². The largest absolute Gasteiger partial charge is 0.480 e. The molecule has 0 aromatic heterocycles. The van der Waals surface area contributed by atoms with E-state index in [0.29, 0.717) is 13.0 Å². The number of aliphatic carboxylic acids is 1. The molecule has 1 aliphatic rings. The first-order chi connectivity index (χ1) is 4.15. The predicted octanol–water partition coefficient (Wildman–Crippen LogP) is -0.811. The van der Waals surface area contributed by atoms with Crippen molar-refractivity contribution < 1.29 is 14.6 Å². The topological polar surface area (TPSA) is 72.6 Å². The summed E-state index contributed by atoms with van der Waals surface area (Å²) >= 11 is 0. The van der Waals surface area contributed by atoms with Gasteiger partial charge < -0.3 is 15.6 Å². The summed E-state index contributed by atoms with van der Waals surface area (Å²) in [5.74, 6) is -0.972. The van der Waals surface area contributed by atoms with Gasteiger partial charge in [-0.25, -0.2) is 0 Å². The number of carboxylic acid groups (broad SMARTS) is 1. The molecule has 3 N–H and O–H groups in total. The third-order valence-corrected chi connectivity index (χ3v) is 1.48. The Labute approximate surface area is 52.6 Å². The molecule has 0 aromatic carbocycles. The molecule has 0 aliphatic carbocycles. The molecule has 0 saturated carbocycles. The van der Waals surface area contributed by atoms with Crippen LogP contribution in [0.15, 0.2) is 0 Å². The van der Waals surface area contributed by atoms with Crippen molar-refractivity contribution in [3.63, 3.8) is 0 Å². The summed E-state index contributed by atoms with van der Waals surface area (Å²) < 4.78 is 4.82. The van der Waals surface area contributed by atoms with Crippen molar-refractivity contribution in [2.45, 2.75) is 12.0 Å². The Morgan fingerprint density at radius 3 is 2.67 bits per heavy atom. The number of hydrogen-bond acceptors (Lipinski definition) is 3. The molecule has 0 aromatic rings. The van der Waals surface area contributed by atoms with Crippen LogP contribution in [0.3, 0.4) is 0 Å². The fraction of sp³-hybridized carbons (Fsp3) is 0.800. The first kappa shape index (κ1) is 6.51. The van der Waals surface area contributed by atoms with Crippen LogP contribution in [0, 0.1) is 0 Å². The molecular weight excluding hydrogens is 122 g/mol. The maximum atomic E-state index is 10.3. The minimum atomic E-state index is -1.11. The number of carbonyl (C=O) groups is 1. The van der Waals surface area contributed by atoms with Crippen LogP contribution in [0.4, 0.5) is 0 Å². The monoisotopic (exact) mass is 131 g/mol. The number of carboxylic acids is 1. The van der Waals surface area contributed by atoms with Crippen molar-refractivity contribution in [3.05, 3.63) is 0 Å². The smallest absolute Gasteiger partial charge is 0.326 e. The highest BCUT2D eigenvalue weighted by atomic mass is 16.5. The van der Waals surface area contributed by atoms with Crippen LogP contribution in [-0.2, 0) is 9.53 Å². The van der Waals surface area contributed by atoms with E-state index < -0.39 is 11.5 Å². The van der Waals surface area contributed by atoms with Crippen molar-refractivity contribution in [1.29, 1.82) is 0 Å². The lowest BCUT2D eigenvalue weighted by Crippen LogP contribution is -2.48. The third kappa shape index (κ3) is 1.04. The Morgan fingerprint density at radius 2 is 2.44 bits per heavy atom. The van der Waals surface area contributed by atoms with Crippen molar-refractivity contribution in [3.8, 4) is 0 Å².